The molecule has 0 heterocycles. The quantitative estimate of drug-likeness (QED) is 0.278. The van der Waals surface area contributed by atoms with Crippen molar-refractivity contribution in [3.8, 4) is 0 Å². The third-order valence-corrected chi connectivity index (χ3v) is 7.59. The van der Waals surface area contributed by atoms with E-state index in [9.17, 15) is 18.0 Å². The van der Waals surface area contributed by atoms with Crippen LogP contribution >= 0.6 is 0 Å². The van der Waals surface area contributed by atoms with Crippen LogP contribution in [-0.2, 0) is 16.6 Å². The first-order valence-electron chi connectivity index (χ1n) is 12.1. The highest BCUT2D eigenvalue weighted by molar-refractivity contribution is 7.92. The summed E-state index contributed by atoms with van der Waals surface area (Å²) < 4.78 is 29.1. The number of benzene rings is 4. The fraction of sp³-hybridized carbons (Fsp3) is 0.133. The van der Waals surface area contributed by atoms with Crippen LogP contribution in [0.5, 0.6) is 0 Å². The van der Waals surface area contributed by atoms with E-state index in [-0.39, 0.29) is 16.4 Å². The van der Waals surface area contributed by atoms with Crippen LogP contribution in [0.25, 0.3) is 0 Å². The molecule has 3 N–H and O–H groups in total. The zero-order chi connectivity index (χ0) is 27.3. The molecule has 0 aromatic heterocycles. The number of aryl methyl sites for hydroxylation is 3. The lowest BCUT2D eigenvalue weighted by atomic mass is 10.1. The average molecular weight is 528 g/mol. The summed E-state index contributed by atoms with van der Waals surface area (Å²) in [5, 5.41) is 5.61. The lowest BCUT2D eigenvalue weighted by molar-refractivity contribution is 0.0951. The van der Waals surface area contributed by atoms with Crippen molar-refractivity contribution >= 4 is 33.2 Å². The number of sulfonamides is 1. The fourth-order valence-electron chi connectivity index (χ4n) is 4.02. The summed E-state index contributed by atoms with van der Waals surface area (Å²) in [5.41, 5.74) is 4.51. The summed E-state index contributed by atoms with van der Waals surface area (Å²) >= 11 is 0. The Balaban J connectivity index is 1.54. The maximum atomic E-state index is 13.2. The number of rotatable bonds is 8. The van der Waals surface area contributed by atoms with E-state index in [1.807, 2.05) is 56.3 Å². The highest BCUT2D eigenvalue weighted by atomic mass is 32.2. The minimum atomic E-state index is -3.96. The summed E-state index contributed by atoms with van der Waals surface area (Å²) in [6.45, 7) is 5.77. The summed E-state index contributed by atoms with van der Waals surface area (Å²) in [6.07, 6.45) is 0. The van der Waals surface area contributed by atoms with E-state index in [0.29, 0.717) is 29.0 Å². The maximum Gasteiger partial charge on any atom is 0.262 e. The normalized spacial score (nSPS) is 11.0. The average Bonchev–Trinajstić information content (AvgIpc) is 2.90. The number of anilines is 2. The van der Waals surface area contributed by atoms with Crippen LogP contribution < -0.4 is 15.4 Å². The standard InChI is InChI=1S/C30H29N3O4S/c1-20-13-16-26(22(3)17-20)33-38(36,37)28-18-24(15-14-21(28)2)29(34)32-27-12-8-7-11-25(27)30(35)31-19-23-9-5-4-6-10-23/h4-18,33H,19H2,1-3H3,(H,31,35)(H,32,34). The van der Waals surface area contributed by atoms with Gasteiger partial charge < -0.3 is 10.6 Å². The largest absolute Gasteiger partial charge is 0.348 e. The van der Waals surface area contributed by atoms with Crippen LogP contribution in [0.2, 0.25) is 0 Å². The number of hydrogen-bond donors (Lipinski definition) is 3. The number of para-hydroxylation sites is 1. The van der Waals surface area contributed by atoms with E-state index >= 15 is 0 Å². The molecule has 4 aromatic carbocycles. The molecule has 38 heavy (non-hydrogen) atoms. The van der Waals surface area contributed by atoms with Gasteiger partial charge in [-0.2, -0.15) is 0 Å². The molecule has 194 valence electrons. The van der Waals surface area contributed by atoms with Crippen molar-refractivity contribution in [1.82, 2.24) is 5.32 Å². The predicted octanol–water partition coefficient (Wildman–Crippen LogP) is 5.59. The lowest BCUT2D eigenvalue weighted by Crippen LogP contribution is -2.25. The third-order valence-electron chi connectivity index (χ3n) is 6.08. The Kier molecular flexibility index (Phi) is 7.93. The first kappa shape index (κ1) is 26.6. The smallest absolute Gasteiger partial charge is 0.262 e. The Morgan fingerprint density at radius 1 is 0.711 bits per heavy atom. The van der Waals surface area contributed by atoms with Crippen molar-refractivity contribution in [3.05, 3.63) is 124 Å². The molecule has 0 fully saturated rings. The summed E-state index contributed by atoms with van der Waals surface area (Å²) in [4.78, 5) is 26.0. The summed E-state index contributed by atoms with van der Waals surface area (Å²) in [7, 11) is -3.96. The van der Waals surface area contributed by atoms with Gasteiger partial charge in [-0.1, -0.05) is 66.2 Å². The molecule has 0 aliphatic heterocycles. The summed E-state index contributed by atoms with van der Waals surface area (Å²) in [6, 6.07) is 26.1. The second-order valence-corrected chi connectivity index (χ2v) is 10.7. The first-order chi connectivity index (χ1) is 18.1. The van der Waals surface area contributed by atoms with Gasteiger partial charge in [-0.3, -0.25) is 14.3 Å². The number of carbonyl (C=O) groups is 2. The van der Waals surface area contributed by atoms with E-state index < -0.39 is 15.9 Å². The second kappa shape index (κ2) is 11.3. The van der Waals surface area contributed by atoms with E-state index in [1.54, 1.807) is 49.4 Å². The van der Waals surface area contributed by atoms with Crippen LogP contribution in [0, 0.1) is 20.8 Å². The topological polar surface area (TPSA) is 104 Å². The molecule has 2 amide bonds. The molecule has 7 nitrogen and oxygen atoms in total. The van der Waals surface area contributed by atoms with Gasteiger partial charge >= 0.3 is 0 Å². The molecule has 0 bridgehead atoms. The SMILES string of the molecule is Cc1ccc(NS(=O)(=O)c2cc(C(=O)Nc3ccccc3C(=O)NCc3ccccc3)ccc2C)c(C)c1. The van der Waals surface area contributed by atoms with Gasteiger partial charge in [-0.15, -0.1) is 0 Å². The van der Waals surface area contributed by atoms with Crippen molar-refractivity contribution in [2.75, 3.05) is 10.0 Å². The second-order valence-electron chi connectivity index (χ2n) is 9.07. The lowest BCUT2D eigenvalue weighted by Gasteiger charge is -2.15. The van der Waals surface area contributed by atoms with Gasteiger partial charge in [-0.05, 0) is 67.8 Å². The molecule has 0 saturated carbocycles. The minimum Gasteiger partial charge on any atom is -0.348 e. The molecule has 0 aliphatic rings. The Morgan fingerprint density at radius 2 is 1.42 bits per heavy atom. The van der Waals surface area contributed by atoms with E-state index in [0.717, 1.165) is 16.7 Å². The monoisotopic (exact) mass is 527 g/mol. The van der Waals surface area contributed by atoms with Gasteiger partial charge in [0, 0.05) is 12.1 Å². The van der Waals surface area contributed by atoms with Crippen LogP contribution in [0.4, 0.5) is 11.4 Å². The number of hydrogen-bond acceptors (Lipinski definition) is 4. The highest BCUT2D eigenvalue weighted by Gasteiger charge is 2.21. The van der Waals surface area contributed by atoms with Crippen molar-refractivity contribution in [1.29, 1.82) is 0 Å². The first-order valence-corrected chi connectivity index (χ1v) is 13.6. The Bertz CT molecular complexity index is 1600. The molecule has 0 saturated heterocycles. The zero-order valence-electron chi connectivity index (χ0n) is 21.4. The van der Waals surface area contributed by atoms with Gasteiger partial charge in [0.25, 0.3) is 21.8 Å². The number of carbonyl (C=O) groups excluding carboxylic acids is 2. The van der Waals surface area contributed by atoms with Crippen LogP contribution in [0.15, 0.2) is 95.9 Å². The fourth-order valence-corrected chi connectivity index (χ4v) is 5.42. The van der Waals surface area contributed by atoms with E-state index in [2.05, 4.69) is 15.4 Å². The molecular formula is C30H29N3O4S. The Hall–Kier alpha value is -4.43. The van der Waals surface area contributed by atoms with Gasteiger partial charge in [0.15, 0.2) is 0 Å². The van der Waals surface area contributed by atoms with Gasteiger partial charge in [-0.25, -0.2) is 8.42 Å². The maximum absolute atomic E-state index is 13.2. The van der Waals surface area contributed by atoms with Gasteiger partial charge in [0.05, 0.1) is 21.8 Å². The Morgan fingerprint density at radius 3 is 2.16 bits per heavy atom. The molecule has 0 radical (unpaired) electrons. The van der Waals surface area contributed by atoms with Crippen molar-refractivity contribution in [2.45, 2.75) is 32.2 Å². The molecule has 0 unspecified atom stereocenters. The minimum absolute atomic E-state index is 0.000913. The number of nitrogens with one attached hydrogen (secondary N) is 3. The van der Waals surface area contributed by atoms with Crippen LogP contribution in [0.1, 0.15) is 43.0 Å². The third kappa shape index (κ3) is 6.27. The van der Waals surface area contributed by atoms with Gasteiger partial charge in [0.1, 0.15) is 0 Å². The van der Waals surface area contributed by atoms with Gasteiger partial charge in [0.2, 0.25) is 0 Å². The highest BCUT2D eigenvalue weighted by Crippen LogP contribution is 2.24. The molecule has 0 aliphatic carbocycles. The molecule has 8 heteroatoms. The molecule has 4 rings (SSSR count). The molecule has 4 aromatic rings. The van der Waals surface area contributed by atoms with Crippen LogP contribution in [0.3, 0.4) is 0 Å². The zero-order valence-corrected chi connectivity index (χ0v) is 22.2. The van der Waals surface area contributed by atoms with Crippen molar-refractivity contribution in [2.24, 2.45) is 0 Å². The Labute approximate surface area is 223 Å². The molecular weight excluding hydrogens is 498 g/mol. The predicted molar refractivity (Wildman–Crippen MR) is 150 cm³/mol. The number of amides is 2. The molecule has 0 spiro atoms. The van der Waals surface area contributed by atoms with Crippen LogP contribution in [-0.4, -0.2) is 20.2 Å². The van der Waals surface area contributed by atoms with Crippen molar-refractivity contribution < 1.29 is 18.0 Å². The van der Waals surface area contributed by atoms with Crippen molar-refractivity contribution in [3.63, 3.8) is 0 Å². The van der Waals surface area contributed by atoms with E-state index in [1.165, 1.54) is 6.07 Å². The van der Waals surface area contributed by atoms with E-state index in [4.69, 9.17) is 0 Å². The summed E-state index contributed by atoms with van der Waals surface area (Å²) in [5.74, 6) is -0.870. The molecule has 0 atom stereocenters.